The highest BCUT2D eigenvalue weighted by Gasteiger charge is 2.48. The van der Waals surface area contributed by atoms with E-state index in [9.17, 15) is 9.59 Å². The minimum Gasteiger partial charge on any atom is -0.493 e. The zero-order chi connectivity index (χ0) is 23.7. The Hall–Kier alpha value is -3.22. The van der Waals surface area contributed by atoms with E-state index in [1.807, 2.05) is 30.3 Å². The molecule has 0 bridgehead atoms. The van der Waals surface area contributed by atoms with Gasteiger partial charge in [0.15, 0.2) is 11.5 Å². The molecular weight excluding hydrogens is 434 g/mol. The van der Waals surface area contributed by atoms with Crippen LogP contribution in [0.25, 0.3) is 11.1 Å². The quantitative estimate of drug-likeness (QED) is 0.543. The van der Waals surface area contributed by atoms with Crippen molar-refractivity contribution in [2.45, 2.75) is 57.1 Å². The fourth-order valence-corrected chi connectivity index (χ4v) is 5.02. The molecule has 2 aromatic carbocycles. The lowest BCUT2D eigenvalue weighted by atomic mass is 9.99. The number of hydrogen-bond acceptors (Lipinski definition) is 6. The van der Waals surface area contributed by atoms with Crippen molar-refractivity contribution in [3.05, 3.63) is 41.5 Å². The van der Waals surface area contributed by atoms with Gasteiger partial charge in [-0.25, -0.2) is 0 Å². The highest BCUT2D eigenvalue weighted by Crippen LogP contribution is 2.47. The average molecular weight is 466 g/mol. The largest absolute Gasteiger partial charge is 0.493 e. The summed E-state index contributed by atoms with van der Waals surface area (Å²) in [5, 5.41) is 2.85. The first-order chi connectivity index (χ1) is 16.5. The summed E-state index contributed by atoms with van der Waals surface area (Å²) >= 11 is 0. The number of hydrogen-bond donors (Lipinski definition) is 1. The number of amides is 1. The summed E-state index contributed by atoms with van der Waals surface area (Å²) in [5.74, 6) is 1.86. The van der Waals surface area contributed by atoms with Gasteiger partial charge in [-0.1, -0.05) is 18.9 Å². The molecule has 0 radical (unpaired) electrons. The van der Waals surface area contributed by atoms with Crippen molar-refractivity contribution in [3.8, 4) is 28.4 Å². The lowest BCUT2D eigenvalue weighted by molar-refractivity contribution is -0.154. The molecule has 7 heteroatoms. The van der Waals surface area contributed by atoms with E-state index in [1.165, 1.54) is 12.8 Å². The summed E-state index contributed by atoms with van der Waals surface area (Å²) < 4.78 is 23.4. The predicted molar refractivity (Wildman–Crippen MR) is 126 cm³/mol. The summed E-state index contributed by atoms with van der Waals surface area (Å²) in [6.45, 7) is 0.760. The standard InChI is InChI=1S/C27H31NO6/c1-31-22-10-9-20(18-7-8-21-19(14-18)15-28-26(21)30)24(25(22)32-2)33-16-27(11-12-27)34-23(29)13-17-5-3-4-6-17/h7-10,14,17H,3-6,11-13,15-16H2,1-2H3,(H,28,30). The molecule has 0 saturated heterocycles. The van der Waals surface area contributed by atoms with Crippen LogP contribution in [0.1, 0.15) is 60.9 Å². The van der Waals surface area contributed by atoms with Crippen molar-refractivity contribution in [3.63, 3.8) is 0 Å². The van der Waals surface area contributed by atoms with Gasteiger partial charge in [0.1, 0.15) is 12.2 Å². The molecule has 0 atom stereocenters. The molecule has 0 unspecified atom stereocenters. The number of fused-ring (bicyclic) bond motifs is 1. The Bertz CT molecular complexity index is 1100. The minimum absolute atomic E-state index is 0.0552. The number of ether oxygens (including phenoxy) is 4. The molecule has 1 aliphatic heterocycles. The third-order valence-electron chi connectivity index (χ3n) is 7.15. The highest BCUT2D eigenvalue weighted by atomic mass is 16.6. The second-order valence-corrected chi connectivity index (χ2v) is 9.53. The Morgan fingerprint density at radius 2 is 1.79 bits per heavy atom. The number of carbonyl (C=O) groups is 2. The van der Waals surface area contributed by atoms with Crippen LogP contribution in [0.4, 0.5) is 0 Å². The van der Waals surface area contributed by atoms with Crippen LogP contribution in [0.5, 0.6) is 17.2 Å². The molecule has 1 N–H and O–H groups in total. The lowest BCUT2D eigenvalue weighted by Crippen LogP contribution is -2.28. The number of rotatable bonds is 9. The molecule has 1 heterocycles. The second-order valence-electron chi connectivity index (χ2n) is 9.53. The van der Waals surface area contributed by atoms with Crippen LogP contribution in [0.3, 0.4) is 0 Å². The van der Waals surface area contributed by atoms with Gasteiger partial charge in [0, 0.05) is 24.1 Å². The van der Waals surface area contributed by atoms with Gasteiger partial charge in [-0.05, 0) is 67.0 Å². The first-order valence-corrected chi connectivity index (χ1v) is 12.0. The van der Waals surface area contributed by atoms with Gasteiger partial charge in [0.25, 0.3) is 5.91 Å². The molecule has 2 saturated carbocycles. The van der Waals surface area contributed by atoms with Gasteiger partial charge in [0.2, 0.25) is 5.75 Å². The summed E-state index contributed by atoms with van der Waals surface area (Å²) in [6, 6.07) is 9.50. The Labute approximate surface area is 199 Å². The topological polar surface area (TPSA) is 83.1 Å². The Morgan fingerprint density at radius 3 is 2.50 bits per heavy atom. The maximum Gasteiger partial charge on any atom is 0.306 e. The normalized spacial score (nSPS) is 18.2. The van der Waals surface area contributed by atoms with Crippen LogP contribution in [-0.4, -0.2) is 38.3 Å². The Balaban J connectivity index is 1.38. The fourth-order valence-electron chi connectivity index (χ4n) is 5.02. The van der Waals surface area contributed by atoms with E-state index in [2.05, 4.69) is 5.32 Å². The first kappa shape index (κ1) is 22.6. The van der Waals surface area contributed by atoms with E-state index in [-0.39, 0.29) is 18.5 Å². The van der Waals surface area contributed by atoms with Crippen molar-refractivity contribution in [1.82, 2.24) is 5.32 Å². The number of benzene rings is 2. The zero-order valence-corrected chi connectivity index (χ0v) is 19.8. The molecule has 0 aromatic heterocycles. The van der Waals surface area contributed by atoms with Gasteiger partial charge in [-0.3, -0.25) is 9.59 Å². The molecular formula is C27H31NO6. The lowest BCUT2D eigenvalue weighted by Gasteiger charge is -2.22. The van der Waals surface area contributed by atoms with E-state index in [4.69, 9.17) is 18.9 Å². The monoisotopic (exact) mass is 465 g/mol. The maximum absolute atomic E-state index is 12.6. The third-order valence-corrected chi connectivity index (χ3v) is 7.15. The predicted octanol–water partition coefficient (Wildman–Crippen LogP) is 4.65. The zero-order valence-electron chi connectivity index (χ0n) is 19.8. The van der Waals surface area contributed by atoms with E-state index < -0.39 is 5.60 Å². The summed E-state index contributed by atoms with van der Waals surface area (Å²) in [4.78, 5) is 24.5. The Kier molecular flexibility index (Phi) is 6.11. The molecule has 180 valence electrons. The molecule has 2 aromatic rings. The van der Waals surface area contributed by atoms with Gasteiger partial charge in [-0.2, -0.15) is 0 Å². The van der Waals surface area contributed by atoms with Crippen LogP contribution >= 0.6 is 0 Å². The van der Waals surface area contributed by atoms with Crippen molar-refractivity contribution >= 4 is 11.9 Å². The van der Waals surface area contributed by atoms with Gasteiger partial charge >= 0.3 is 5.97 Å². The number of carbonyl (C=O) groups excluding carboxylic acids is 2. The van der Waals surface area contributed by atoms with Gasteiger partial charge < -0.3 is 24.3 Å². The number of esters is 1. The van der Waals surface area contributed by atoms with Gasteiger partial charge in [-0.15, -0.1) is 0 Å². The molecule has 5 rings (SSSR count). The first-order valence-electron chi connectivity index (χ1n) is 12.0. The van der Waals surface area contributed by atoms with Crippen molar-refractivity contribution < 1.29 is 28.5 Å². The maximum atomic E-state index is 12.6. The Morgan fingerprint density at radius 1 is 1.03 bits per heavy atom. The minimum atomic E-state index is -0.574. The van der Waals surface area contributed by atoms with Crippen LogP contribution < -0.4 is 19.5 Å². The highest BCUT2D eigenvalue weighted by molar-refractivity contribution is 5.99. The second kappa shape index (κ2) is 9.20. The van der Waals surface area contributed by atoms with Crippen LogP contribution in [0.15, 0.2) is 30.3 Å². The van der Waals surface area contributed by atoms with Crippen LogP contribution in [0.2, 0.25) is 0 Å². The molecule has 7 nitrogen and oxygen atoms in total. The molecule has 1 amide bonds. The number of methoxy groups -OCH3 is 2. The molecule has 2 fully saturated rings. The summed E-state index contributed by atoms with van der Waals surface area (Å²) in [7, 11) is 3.16. The van der Waals surface area contributed by atoms with Crippen LogP contribution in [-0.2, 0) is 16.1 Å². The van der Waals surface area contributed by atoms with Crippen molar-refractivity contribution in [2.24, 2.45) is 5.92 Å². The molecule has 3 aliphatic rings. The van der Waals surface area contributed by atoms with E-state index in [0.29, 0.717) is 41.7 Å². The van der Waals surface area contributed by atoms with E-state index >= 15 is 0 Å². The molecule has 2 aliphatic carbocycles. The number of nitrogens with one attached hydrogen (secondary N) is 1. The fraction of sp³-hybridized carbons (Fsp3) is 0.481. The van der Waals surface area contributed by atoms with Gasteiger partial charge in [0.05, 0.1) is 14.2 Å². The van der Waals surface area contributed by atoms with E-state index in [1.54, 1.807) is 14.2 Å². The third kappa shape index (κ3) is 4.43. The smallest absolute Gasteiger partial charge is 0.306 e. The summed E-state index contributed by atoms with van der Waals surface area (Å²) in [6.07, 6.45) is 6.72. The summed E-state index contributed by atoms with van der Waals surface area (Å²) in [5.41, 5.74) is 2.80. The molecule has 0 spiro atoms. The van der Waals surface area contributed by atoms with E-state index in [0.717, 1.165) is 42.4 Å². The van der Waals surface area contributed by atoms with Crippen molar-refractivity contribution in [2.75, 3.05) is 20.8 Å². The van der Waals surface area contributed by atoms with Crippen molar-refractivity contribution in [1.29, 1.82) is 0 Å². The average Bonchev–Trinajstić information content (AvgIpc) is 3.22. The van der Waals surface area contributed by atoms with Crippen LogP contribution in [0, 0.1) is 5.92 Å². The SMILES string of the molecule is COc1ccc(-c2ccc3c(c2)CNC3=O)c(OCC2(OC(=O)CC3CCCC3)CC2)c1OC. The molecule has 34 heavy (non-hydrogen) atoms.